The number of aliphatic carboxylic acids is 1. The number of carboxylic acids is 1. The second-order valence-corrected chi connectivity index (χ2v) is 5.83. The Morgan fingerprint density at radius 2 is 1.80 bits per heavy atom. The molecular formula is C12H20O3. The molecule has 2 rings (SSSR count). The molecule has 1 unspecified atom stereocenters. The van der Waals surface area contributed by atoms with Crippen molar-refractivity contribution in [3.05, 3.63) is 0 Å². The fraction of sp³-hybridized carbons (Fsp3) is 0.917. The lowest BCUT2D eigenvalue weighted by Gasteiger charge is -2.40. The van der Waals surface area contributed by atoms with Crippen LogP contribution in [-0.4, -0.2) is 22.8 Å². The molecule has 1 aliphatic heterocycles. The summed E-state index contributed by atoms with van der Waals surface area (Å²) in [5, 5.41) is 8.90. The second kappa shape index (κ2) is 3.48. The molecule has 0 aromatic rings. The number of carbonyl (C=O) groups is 1. The van der Waals surface area contributed by atoms with Gasteiger partial charge < -0.3 is 9.84 Å². The van der Waals surface area contributed by atoms with Crippen LogP contribution in [0.25, 0.3) is 0 Å². The molecule has 0 aromatic heterocycles. The van der Waals surface area contributed by atoms with Crippen LogP contribution < -0.4 is 0 Å². The molecule has 0 bridgehead atoms. The van der Waals surface area contributed by atoms with E-state index in [2.05, 4.69) is 13.8 Å². The first-order valence-electron chi connectivity index (χ1n) is 5.83. The molecule has 1 N–H and O–H groups in total. The molecular weight excluding hydrogens is 192 g/mol. The Labute approximate surface area is 90.8 Å². The Kier molecular flexibility index (Phi) is 2.53. The van der Waals surface area contributed by atoms with Gasteiger partial charge in [-0.1, -0.05) is 13.8 Å². The molecule has 1 heterocycles. The molecule has 15 heavy (non-hydrogen) atoms. The summed E-state index contributed by atoms with van der Waals surface area (Å²) in [6.07, 6.45) is 5.44. The van der Waals surface area contributed by atoms with Gasteiger partial charge >= 0.3 is 5.97 Å². The summed E-state index contributed by atoms with van der Waals surface area (Å²) in [5.74, 6) is -0.795. The molecule has 3 heteroatoms. The largest absolute Gasteiger partial charge is 0.479 e. The quantitative estimate of drug-likeness (QED) is 0.726. The van der Waals surface area contributed by atoms with Crippen LogP contribution >= 0.6 is 0 Å². The number of carboxylic acid groups (broad SMARTS) is 1. The molecule has 1 atom stereocenters. The van der Waals surface area contributed by atoms with Gasteiger partial charge in [-0.05, 0) is 43.9 Å². The zero-order valence-electron chi connectivity index (χ0n) is 9.58. The maximum Gasteiger partial charge on any atom is 0.332 e. The molecule has 0 aromatic carbocycles. The number of hydrogen-bond donors (Lipinski definition) is 1. The third-order valence-electron chi connectivity index (χ3n) is 4.04. The van der Waals surface area contributed by atoms with Gasteiger partial charge in [0, 0.05) is 0 Å². The van der Waals surface area contributed by atoms with Gasteiger partial charge in [0.2, 0.25) is 0 Å². The van der Waals surface area contributed by atoms with Crippen LogP contribution in [0.2, 0.25) is 0 Å². The number of rotatable bonds is 1. The molecule has 1 saturated heterocycles. The van der Waals surface area contributed by atoms with E-state index < -0.39 is 12.1 Å². The van der Waals surface area contributed by atoms with Crippen molar-refractivity contribution in [3.63, 3.8) is 0 Å². The van der Waals surface area contributed by atoms with Gasteiger partial charge in [-0.2, -0.15) is 0 Å². The van der Waals surface area contributed by atoms with E-state index >= 15 is 0 Å². The van der Waals surface area contributed by atoms with Crippen molar-refractivity contribution in [2.45, 2.75) is 64.1 Å². The highest BCUT2D eigenvalue weighted by Crippen LogP contribution is 2.47. The van der Waals surface area contributed by atoms with Crippen LogP contribution in [0.15, 0.2) is 0 Å². The van der Waals surface area contributed by atoms with Gasteiger partial charge in [-0.25, -0.2) is 4.79 Å². The Hall–Kier alpha value is -0.570. The van der Waals surface area contributed by atoms with Gasteiger partial charge in [0.25, 0.3) is 0 Å². The fourth-order valence-corrected chi connectivity index (χ4v) is 2.74. The summed E-state index contributed by atoms with van der Waals surface area (Å²) in [7, 11) is 0. The van der Waals surface area contributed by atoms with Gasteiger partial charge in [0.15, 0.2) is 6.10 Å². The van der Waals surface area contributed by atoms with E-state index in [1.807, 2.05) is 0 Å². The topological polar surface area (TPSA) is 46.5 Å². The molecule has 1 spiro atoms. The fourth-order valence-electron chi connectivity index (χ4n) is 2.74. The molecule has 0 radical (unpaired) electrons. The first kappa shape index (κ1) is 10.9. The van der Waals surface area contributed by atoms with E-state index in [0.717, 1.165) is 32.1 Å². The van der Waals surface area contributed by atoms with Gasteiger partial charge in [-0.15, -0.1) is 0 Å². The van der Waals surface area contributed by atoms with Crippen molar-refractivity contribution < 1.29 is 14.6 Å². The lowest BCUT2D eigenvalue weighted by Crippen LogP contribution is -2.38. The van der Waals surface area contributed by atoms with Crippen molar-refractivity contribution in [1.29, 1.82) is 0 Å². The summed E-state index contributed by atoms with van der Waals surface area (Å²) in [6.45, 7) is 4.56. The van der Waals surface area contributed by atoms with Crippen LogP contribution in [-0.2, 0) is 9.53 Å². The Balaban J connectivity index is 1.98. The van der Waals surface area contributed by atoms with Crippen molar-refractivity contribution in [3.8, 4) is 0 Å². The molecule has 1 saturated carbocycles. The number of hydrogen-bond acceptors (Lipinski definition) is 2. The molecule has 2 aliphatic rings. The van der Waals surface area contributed by atoms with Crippen LogP contribution in [0.1, 0.15) is 52.4 Å². The Morgan fingerprint density at radius 1 is 1.20 bits per heavy atom. The minimum atomic E-state index is -0.795. The van der Waals surface area contributed by atoms with E-state index in [1.165, 1.54) is 0 Å². The van der Waals surface area contributed by atoms with Crippen LogP contribution in [0.5, 0.6) is 0 Å². The van der Waals surface area contributed by atoms with E-state index in [9.17, 15) is 4.79 Å². The highest BCUT2D eigenvalue weighted by atomic mass is 16.5. The predicted molar refractivity (Wildman–Crippen MR) is 56.7 cm³/mol. The molecule has 86 valence electrons. The highest BCUT2D eigenvalue weighted by molar-refractivity contribution is 5.72. The van der Waals surface area contributed by atoms with E-state index in [-0.39, 0.29) is 5.60 Å². The third kappa shape index (κ3) is 2.17. The Bertz CT molecular complexity index is 260. The van der Waals surface area contributed by atoms with Crippen molar-refractivity contribution in [2.75, 3.05) is 0 Å². The minimum absolute atomic E-state index is 0.0986. The number of ether oxygens (including phenoxy) is 1. The van der Waals surface area contributed by atoms with Crippen LogP contribution in [0.3, 0.4) is 0 Å². The standard InChI is InChI=1S/C12H20O3/c1-11(2)5-7-12(8-6-11)4-3-9(15-12)10(13)14/h9H,3-8H2,1-2H3,(H,13,14). The predicted octanol–water partition coefficient (Wildman–Crippen LogP) is 2.59. The van der Waals surface area contributed by atoms with Gasteiger partial charge in [0.05, 0.1) is 5.60 Å². The van der Waals surface area contributed by atoms with Crippen LogP contribution in [0, 0.1) is 5.41 Å². The normalized spacial score (nSPS) is 33.1. The van der Waals surface area contributed by atoms with Crippen molar-refractivity contribution in [2.24, 2.45) is 5.41 Å². The SMILES string of the molecule is CC1(C)CCC2(CCC(C(=O)O)O2)CC1. The maximum atomic E-state index is 10.8. The van der Waals surface area contributed by atoms with Crippen molar-refractivity contribution >= 4 is 5.97 Å². The zero-order chi connectivity index (χ0) is 11.1. The average Bonchev–Trinajstić information content (AvgIpc) is 2.56. The smallest absolute Gasteiger partial charge is 0.332 e. The molecule has 1 aliphatic carbocycles. The van der Waals surface area contributed by atoms with E-state index in [4.69, 9.17) is 9.84 Å². The van der Waals surface area contributed by atoms with Crippen LogP contribution in [0.4, 0.5) is 0 Å². The first-order chi connectivity index (χ1) is 6.93. The third-order valence-corrected chi connectivity index (χ3v) is 4.04. The van der Waals surface area contributed by atoms with E-state index in [1.54, 1.807) is 0 Å². The average molecular weight is 212 g/mol. The Morgan fingerprint density at radius 3 is 2.27 bits per heavy atom. The monoisotopic (exact) mass is 212 g/mol. The molecule has 3 nitrogen and oxygen atoms in total. The van der Waals surface area contributed by atoms with E-state index in [0.29, 0.717) is 11.8 Å². The summed E-state index contributed by atoms with van der Waals surface area (Å²) < 4.78 is 5.75. The van der Waals surface area contributed by atoms with Gasteiger partial charge in [-0.3, -0.25) is 0 Å². The summed E-state index contributed by atoms with van der Waals surface area (Å²) >= 11 is 0. The second-order valence-electron chi connectivity index (χ2n) is 5.83. The minimum Gasteiger partial charge on any atom is -0.479 e. The zero-order valence-corrected chi connectivity index (χ0v) is 9.58. The highest BCUT2D eigenvalue weighted by Gasteiger charge is 2.46. The molecule has 2 fully saturated rings. The summed E-state index contributed by atoms with van der Waals surface area (Å²) in [4.78, 5) is 10.8. The molecule has 0 amide bonds. The lowest BCUT2D eigenvalue weighted by atomic mass is 9.70. The van der Waals surface area contributed by atoms with Crippen molar-refractivity contribution in [1.82, 2.24) is 0 Å². The van der Waals surface area contributed by atoms with Gasteiger partial charge in [0.1, 0.15) is 0 Å². The first-order valence-corrected chi connectivity index (χ1v) is 5.83. The summed E-state index contributed by atoms with van der Waals surface area (Å²) in [6, 6.07) is 0. The summed E-state index contributed by atoms with van der Waals surface area (Å²) in [5.41, 5.74) is 0.314. The lowest BCUT2D eigenvalue weighted by molar-refractivity contribution is -0.157. The maximum absolute atomic E-state index is 10.8.